The lowest BCUT2D eigenvalue weighted by Crippen LogP contribution is -2.00. The van der Waals surface area contributed by atoms with Gasteiger partial charge in [0.2, 0.25) is 0 Å². The van der Waals surface area contributed by atoms with Gasteiger partial charge in [0.05, 0.1) is 54.2 Å². The number of benzene rings is 3. The van der Waals surface area contributed by atoms with E-state index in [1.54, 1.807) is 0 Å². The minimum Gasteiger partial charge on any atom is -0.469 e. The van der Waals surface area contributed by atoms with Gasteiger partial charge in [-0.15, -0.1) is 0 Å². The first-order valence-corrected chi connectivity index (χ1v) is 18.9. The Hall–Kier alpha value is -6.46. The molecular formula is C44H34N6O4S. The number of carbonyl (C=O) groups excluding carboxylic acids is 2. The summed E-state index contributed by atoms with van der Waals surface area (Å²) in [5.74, 6) is -0.551. The third kappa shape index (κ3) is 5.14. The molecule has 0 fully saturated rings. The quantitative estimate of drug-likeness (QED) is 0.161. The number of hydrogen-bond acceptors (Lipinski definition) is 9. The molecule has 6 heterocycles. The monoisotopic (exact) mass is 742 g/mol. The van der Waals surface area contributed by atoms with Gasteiger partial charge >= 0.3 is 11.9 Å². The van der Waals surface area contributed by atoms with E-state index in [1.165, 1.54) is 36.7 Å². The smallest absolute Gasteiger partial charge is 0.305 e. The molecule has 2 N–H and O–H groups in total. The molecule has 3 aliphatic rings. The van der Waals surface area contributed by atoms with Crippen molar-refractivity contribution < 1.29 is 19.1 Å². The van der Waals surface area contributed by atoms with E-state index in [4.69, 9.17) is 23.8 Å². The molecule has 0 unspecified atom stereocenters. The van der Waals surface area contributed by atoms with Crippen LogP contribution < -0.4 is 0 Å². The Balaban J connectivity index is 1.35. The fourth-order valence-corrected chi connectivity index (χ4v) is 9.07. The molecule has 3 aromatic carbocycles. The number of rotatable bonds is 6. The maximum atomic E-state index is 12.5. The summed E-state index contributed by atoms with van der Waals surface area (Å²) in [5.41, 5.74) is 16.8. The molecule has 0 atom stereocenters. The van der Waals surface area contributed by atoms with Crippen molar-refractivity contribution in [1.29, 1.82) is 0 Å². The Morgan fingerprint density at radius 1 is 0.636 bits per heavy atom. The highest BCUT2D eigenvalue weighted by atomic mass is 32.1. The summed E-state index contributed by atoms with van der Waals surface area (Å²) in [6.07, 6.45) is 1.39. The highest BCUT2D eigenvalue weighted by molar-refractivity contribution is 7.00. The van der Waals surface area contributed by atoms with Crippen LogP contribution in [0.1, 0.15) is 62.3 Å². The first-order chi connectivity index (χ1) is 26.8. The maximum Gasteiger partial charge on any atom is 0.305 e. The molecule has 1 aliphatic carbocycles. The molecule has 8 bridgehead atoms. The van der Waals surface area contributed by atoms with Crippen LogP contribution in [-0.4, -0.2) is 54.8 Å². The number of esters is 2. The maximum absolute atomic E-state index is 12.5. The van der Waals surface area contributed by atoms with Gasteiger partial charge in [-0.3, -0.25) is 9.59 Å². The third-order valence-corrected chi connectivity index (χ3v) is 11.8. The summed E-state index contributed by atoms with van der Waals surface area (Å²) in [6, 6.07) is 25.4. The van der Waals surface area contributed by atoms with Gasteiger partial charge in [0, 0.05) is 51.3 Å². The predicted octanol–water partition coefficient (Wildman–Crippen LogP) is 10.0. The van der Waals surface area contributed by atoms with Gasteiger partial charge in [0.15, 0.2) is 0 Å². The van der Waals surface area contributed by atoms with Gasteiger partial charge in [-0.05, 0) is 107 Å². The van der Waals surface area contributed by atoms with E-state index in [-0.39, 0.29) is 24.8 Å². The number of carbonyl (C=O) groups is 2. The van der Waals surface area contributed by atoms with Crippen molar-refractivity contribution in [2.75, 3.05) is 14.2 Å². The Labute approximate surface area is 318 Å². The summed E-state index contributed by atoms with van der Waals surface area (Å²) < 4.78 is 19.4. The number of hydrogen-bond donors (Lipinski definition) is 2. The molecule has 10 rings (SSSR count). The first kappa shape index (κ1) is 33.1. The highest BCUT2D eigenvalue weighted by Gasteiger charge is 2.28. The number of nitrogens with zero attached hydrogens (tertiary/aromatic N) is 4. The number of ether oxygens (including phenoxy) is 2. The molecule has 2 aliphatic heterocycles. The standard InChI is InChI=1S/C44H34N6O4S/c1-21-24(12-15-38(51)53-3)32-19-34-26-11-14-29-44(50-55-49-29)43(26)37(47-34)20-33-25(13-16-39(52)54-4)22(2)31(46-33)18-36-42-28-10-6-8-23-7-5-9-27(40(23)28)41(42)35(48-36)17-30(21)45-32/h5-11,14,17-20,47-48H,12-13,15-16H2,1-4H3. The van der Waals surface area contributed by atoms with Crippen molar-refractivity contribution in [1.82, 2.24) is 28.7 Å². The first-order valence-electron chi connectivity index (χ1n) is 18.2. The minimum atomic E-state index is -0.277. The van der Waals surface area contributed by atoms with Crippen molar-refractivity contribution in [2.24, 2.45) is 0 Å². The molecule has 11 heteroatoms. The van der Waals surface area contributed by atoms with Crippen LogP contribution in [0.25, 0.3) is 99.2 Å². The molecule has 0 saturated heterocycles. The Bertz CT molecular complexity index is 3090. The normalized spacial score (nSPS) is 13.4. The summed E-state index contributed by atoms with van der Waals surface area (Å²) in [5, 5.41) is 4.29. The van der Waals surface area contributed by atoms with Gasteiger partial charge in [0.25, 0.3) is 0 Å². The molecule has 10 nitrogen and oxygen atoms in total. The number of nitrogens with one attached hydrogen (secondary N) is 2. The molecule has 0 saturated carbocycles. The van der Waals surface area contributed by atoms with Gasteiger partial charge < -0.3 is 19.4 Å². The number of H-pyrrole nitrogens is 2. The van der Waals surface area contributed by atoms with Crippen LogP contribution in [-0.2, 0) is 19.1 Å². The molecule has 0 radical (unpaired) electrons. The van der Waals surface area contributed by atoms with Crippen LogP contribution in [0.4, 0.5) is 0 Å². The van der Waals surface area contributed by atoms with Crippen molar-refractivity contribution in [2.45, 2.75) is 39.5 Å². The van der Waals surface area contributed by atoms with Crippen LogP contribution in [0, 0.1) is 0 Å². The van der Waals surface area contributed by atoms with E-state index < -0.39 is 0 Å². The van der Waals surface area contributed by atoms with E-state index in [9.17, 15) is 9.59 Å². The molecule has 0 amide bonds. The van der Waals surface area contributed by atoms with Crippen LogP contribution in [0.2, 0.25) is 0 Å². The lowest BCUT2D eigenvalue weighted by Gasteiger charge is -2.04. The molecule has 7 aromatic rings. The molecule has 0 spiro atoms. The fraction of sp³-hybridized carbons (Fsp3) is 0.182. The van der Waals surface area contributed by atoms with Gasteiger partial charge in [-0.1, -0.05) is 36.4 Å². The van der Waals surface area contributed by atoms with Crippen molar-refractivity contribution in [3.63, 3.8) is 0 Å². The van der Waals surface area contributed by atoms with Gasteiger partial charge in [0.1, 0.15) is 11.0 Å². The minimum absolute atomic E-state index is 0.223. The topological polar surface area (TPSA) is 136 Å². The second-order valence-corrected chi connectivity index (χ2v) is 14.7. The number of aromatic amines is 2. The van der Waals surface area contributed by atoms with Crippen LogP contribution >= 0.6 is 11.7 Å². The Kier molecular flexibility index (Phi) is 7.57. The zero-order chi connectivity index (χ0) is 37.5. The van der Waals surface area contributed by atoms with Gasteiger partial charge in [-0.2, -0.15) is 8.75 Å². The van der Waals surface area contributed by atoms with Crippen molar-refractivity contribution >= 4 is 101 Å². The zero-order valence-electron chi connectivity index (χ0n) is 30.6. The Morgan fingerprint density at radius 2 is 1.18 bits per heavy atom. The zero-order valence-corrected chi connectivity index (χ0v) is 31.4. The second-order valence-electron chi connectivity index (χ2n) is 14.2. The van der Waals surface area contributed by atoms with E-state index in [0.717, 1.165) is 111 Å². The van der Waals surface area contributed by atoms with Crippen LogP contribution in [0.15, 0.2) is 72.8 Å². The molecule has 55 heavy (non-hydrogen) atoms. The van der Waals surface area contributed by atoms with E-state index in [1.807, 2.05) is 6.07 Å². The lowest BCUT2D eigenvalue weighted by atomic mass is 10.00. The van der Waals surface area contributed by atoms with Crippen molar-refractivity contribution in [3.8, 4) is 22.3 Å². The summed E-state index contributed by atoms with van der Waals surface area (Å²) in [7, 11) is 2.83. The Morgan fingerprint density at radius 3 is 1.76 bits per heavy atom. The molecule has 4 aromatic heterocycles. The second kappa shape index (κ2) is 12.6. The summed E-state index contributed by atoms with van der Waals surface area (Å²) in [6.45, 7) is 4.15. The number of allylic oxidation sites excluding steroid dienone is 4. The van der Waals surface area contributed by atoms with Crippen molar-refractivity contribution in [3.05, 3.63) is 95.6 Å². The largest absolute Gasteiger partial charge is 0.469 e. The van der Waals surface area contributed by atoms with Crippen LogP contribution in [0.5, 0.6) is 0 Å². The van der Waals surface area contributed by atoms with Gasteiger partial charge in [-0.25, -0.2) is 9.97 Å². The van der Waals surface area contributed by atoms with E-state index >= 15 is 0 Å². The average Bonchev–Trinajstić information content (AvgIpc) is 4.04. The highest BCUT2D eigenvalue weighted by Crippen LogP contribution is 2.51. The summed E-state index contributed by atoms with van der Waals surface area (Å²) in [4.78, 5) is 43.0. The van der Waals surface area contributed by atoms with E-state index in [0.29, 0.717) is 12.8 Å². The molecule has 270 valence electrons. The lowest BCUT2D eigenvalue weighted by molar-refractivity contribution is -0.141. The SMILES string of the molecule is COC(=O)CCC1=C(C)c2cc3[nH]c(cc4nc(cc5[nH]c(cc1n2)c1ccc2nsnc2c51)C(CCC(=O)OC)=C4C)c1c3-c2cccc3cccc-1c23. The van der Waals surface area contributed by atoms with E-state index in [2.05, 4.69) is 94.9 Å². The number of methoxy groups -OCH3 is 2. The summed E-state index contributed by atoms with van der Waals surface area (Å²) >= 11 is 1.18. The van der Waals surface area contributed by atoms with Crippen LogP contribution in [0.3, 0.4) is 0 Å². The average molecular weight is 743 g/mol. The third-order valence-electron chi connectivity index (χ3n) is 11.3. The molecular weight excluding hydrogens is 709 g/mol. The predicted molar refractivity (Wildman–Crippen MR) is 219 cm³/mol. The number of fused-ring (bicyclic) bond motifs is 18. The number of aromatic nitrogens is 6. The fourth-order valence-electron chi connectivity index (χ4n) is 8.53.